The Morgan fingerprint density at radius 1 is 1.24 bits per heavy atom. The summed E-state index contributed by atoms with van der Waals surface area (Å²) in [5, 5.41) is 0. The topological polar surface area (TPSA) is 65.1 Å². The third kappa shape index (κ3) is 3.12. The van der Waals surface area contributed by atoms with Gasteiger partial charge < -0.3 is 14.2 Å². The monoisotopic (exact) mass is 343 g/mol. The minimum absolute atomic E-state index is 0.162. The molecule has 132 valence electrons. The van der Waals surface area contributed by atoms with E-state index in [9.17, 15) is 9.59 Å². The first kappa shape index (κ1) is 17.1. The summed E-state index contributed by atoms with van der Waals surface area (Å²) in [5.74, 6) is 0.373. The van der Waals surface area contributed by atoms with Gasteiger partial charge in [-0.3, -0.25) is 9.69 Å². The molecule has 2 aliphatic heterocycles. The van der Waals surface area contributed by atoms with Crippen LogP contribution in [-0.4, -0.2) is 44.1 Å². The van der Waals surface area contributed by atoms with Gasteiger partial charge in [0.15, 0.2) is 0 Å². The maximum absolute atomic E-state index is 12.9. The van der Waals surface area contributed by atoms with Crippen molar-refractivity contribution in [1.82, 2.24) is 4.90 Å². The fourth-order valence-electron chi connectivity index (χ4n) is 2.97. The molecule has 0 bridgehead atoms. The molecule has 2 aliphatic rings. The van der Waals surface area contributed by atoms with Crippen LogP contribution >= 0.6 is 0 Å². The van der Waals surface area contributed by atoms with Crippen LogP contribution in [0.2, 0.25) is 0 Å². The highest BCUT2D eigenvalue weighted by Crippen LogP contribution is 2.42. The molecule has 1 saturated heterocycles. The van der Waals surface area contributed by atoms with Crippen molar-refractivity contribution in [2.24, 2.45) is 5.41 Å². The highest BCUT2D eigenvalue weighted by Gasteiger charge is 2.43. The Morgan fingerprint density at radius 3 is 2.52 bits per heavy atom. The van der Waals surface area contributed by atoms with E-state index in [1.165, 1.54) is 13.2 Å². The molecule has 0 aromatic heterocycles. The number of rotatable bonds is 3. The number of carbonyl (C=O) groups is 2. The van der Waals surface area contributed by atoms with Crippen molar-refractivity contribution in [1.29, 1.82) is 0 Å². The average molecular weight is 343 g/mol. The van der Waals surface area contributed by atoms with Crippen molar-refractivity contribution in [3.63, 3.8) is 0 Å². The molecule has 6 heteroatoms. The first-order chi connectivity index (χ1) is 11.9. The van der Waals surface area contributed by atoms with Gasteiger partial charge in [-0.25, -0.2) is 4.79 Å². The van der Waals surface area contributed by atoms with E-state index in [0.717, 1.165) is 5.56 Å². The molecule has 25 heavy (non-hydrogen) atoms. The van der Waals surface area contributed by atoms with Crippen LogP contribution in [0.5, 0.6) is 5.75 Å². The molecule has 2 heterocycles. The quantitative estimate of drug-likeness (QED) is 0.623. The smallest absolute Gasteiger partial charge is 0.331 e. The van der Waals surface area contributed by atoms with E-state index in [4.69, 9.17) is 14.2 Å². The van der Waals surface area contributed by atoms with Gasteiger partial charge in [-0.05, 0) is 17.7 Å². The number of methoxy groups -OCH3 is 2. The lowest BCUT2D eigenvalue weighted by Crippen LogP contribution is -2.43. The van der Waals surface area contributed by atoms with Crippen molar-refractivity contribution in [2.45, 2.75) is 13.8 Å². The number of hydrogen-bond donors (Lipinski definition) is 0. The van der Waals surface area contributed by atoms with Crippen molar-refractivity contribution < 1.29 is 23.8 Å². The summed E-state index contributed by atoms with van der Waals surface area (Å²) < 4.78 is 15.8. The zero-order valence-corrected chi connectivity index (χ0v) is 14.8. The largest absolute Gasteiger partial charge is 0.497 e. The lowest BCUT2D eigenvalue weighted by molar-refractivity contribution is -0.136. The summed E-state index contributed by atoms with van der Waals surface area (Å²) >= 11 is 0. The highest BCUT2D eigenvalue weighted by molar-refractivity contribution is 6.17. The lowest BCUT2D eigenvalue weighted by atomic mass is 9.93. The Balaban J connectivity index is 2.12. The fourth-order valence-corrected chi connectivity index (χ4v) is 2.97. The molecule has 0 unspecified atom stereocenters. The van der Waals surface area contributed by atoms with Gasteiger partial charge in [0, 0.05) is 18.0 Å². The third-order valence-corrected chi connectivity index (χ3v) is 4.23. The molecule has 0 radical (unpaired) electrons. The standard InChI is InChI=1S/C19H21NO5/c1-19(2)10-20-17(22)14(9-15(21)24-4)16(18(20)25-11-19)12-5-7-13(23-3)8-6-12/h5-9H,10-11H2,1-4H3/b14-9+. The maximum atomic E-state index is 12.9. The molecule has 0 saturated carbocycles. The first-order valence-electron chi connectivity index (χ1n) is 8.00. The Hall–Kier alpha value is -2.76. The molecular formula is C19H21NO5. The number of amides is 1. The van der Waals surface area contributed by atoms with E-state index < -0.39 is 5.97 Å². The van der Waals surface area contributed by atoms with Crippen molar-refractivity contribution in [3.05, 3.63) is 47.4 Å². The van der Waals surface area contributed by atoms with Gasteiger partial charge in [-0.15, -0.1) is 0 Å². The molecule has 0 atom stereocenters. The van der Waals surface area contributed by atoms with Crippen LogP contribution in [-0.2, 0) is 19.1 Å². The summed E-state index contributed by atoms with van der Waals surface area (Å²) in [7, 11) is 2.87. The molecule has 6 nitrogen and oxygen atoms in total. The second-order valence-corrected chi connectivity index (χ2v) is 6.83. The van der Waals surface area contributed by atoms with E-state index in [0.29, 0.717) is 30.4 Å². The fraction of sp³-hybridized carbons (Fsp3) is 0.368. The van der Waals surface area contributed by atoms with Gasteiger partial charge in [0.25, 0.3) is 5.91 Å². The van der Waals surface area contributed by atoms with Crippen LogP contribution in [0.3, 0.4) is 0 Å². The zero-order chi connectivity index (χ0) is 18.2. The van der Waals surface area contributed by atoms with Crippen molar-refractivity contribution in [3.8, 4) is 5.75 Å². The molecule has 0 N–H and O–H groups in total. The van der Waals surface area contributed by atoms with Crippen molar-refractivity contribution >= 4 is 17.4 Å². The maximum Gasteiger partial charge on any atom is 0.331 e. The molecule has 1 amide bonds. The van der Waals surface area contributed by atoms with Crippen LogP contribution in [0.15, 0.2) is 41.8 Å². The second kappa shape index (κ2) is 6.27. The van der Waals surface area contributed by atoms with Gasteiger partial charge >= 0.3 is 5.97 Å². The summed E-state index contributed by atoms with van der Waals surface area (Å²) in [6, 6.07) is 7.29. The number of hydrogen-bond acceptors (Lipinski definition) is 5. The summed E-state index contributed by atoms with van der Waals surface area (Å²) in [6.45, 7) is 5.09. The number of benzene rings is 1. The minimum atomic E-state index is -0.575. The number of ether oxygens (including phenoxy) is 3. The highest BCUT2D eigenvalue weighted by atomic mass is 16.5. The number of carbonyl (C=O) groups excluding carboxylic acids is 2. The molecule has 0 aliphatic carbocycles. The van der Waals surface area contributed by atoms with Crippen LogP contribution in [0, 0.1) is 5.41 Å². The summed E-state index contributed by atoms with van der Waals surface area (Å²) in [6.07, 6.45) is 1.23. The van der Waals surface area contributed by atoms with Crippen LogP contribution in [0.1, 0.15) is 19.4 Å². The molecular weight excluding hydrogens is 322 g/mol. The number of nitrogens with zero attached hydrogens (tertiary/aromatic N) is 1. The van der Waals surface area contributed by atoms with Gasteiger partial charge in [-0.1, -0.05) is 26.0 Å². The zero-order valence-electron chi connectivity index (χ0n) is 14.8. The Morgan fingerprint density at radius 2 is 1.92 bits per heavy atom. The van der Waals surface area contributed by atoms with Gasteiger partial charge in [0.05, 0.1) is 32.0 Å². The average Bonchev–Trinajstić information content (AvgIpc) is 2.86. The van der Waals surface area contributed by atoms with Gasteiger partial charge in [0.2, 0.25) is 5.88 Å². The first-order valence-corrected chi connectivity index (χ1v) is 8.00. The number of esters is 1. The van der Waals surface area contributed by atoms with Crippen LogP contribution < -0.4 is 4.74 Å². The van der Waals surface area contributed by atoms with E-state index in [1.54, 1.807) is 24.1 Å². The van der Waals surface area contributed by atoms with E-state index >= 15 is 0 Å². The van der Waals surface area contributed by atoms with Gasteiger partial charge in [0.1, 0.15) is 5.75 Å². The Labute approximate surface area is 146 Å². The second-order valence-electron chi connectivity index (χ2n) is 6.83. The molecule has 1 aromatic carbocycles. The van der Waals surface area contributed by atoms with Crippen LogP contribution in [0.4, 0.5) is 0 Å². The summed E-state index contributed by atoms with van der Waals surface area (Å²) in [4.78, 5) is 26.3. The lowest BCUT2D eigenvalue weighted by Gasteiger charge is -2.37. The third-order valence-electron chi connectivity index (χ3n) is 4.23. The van der Waals surface area contributed by atoms with Crippen LogP contribution in [0.25, 0.3) is 5.57 Å². The molecule has 1 fully saturated rings. The Bertz CT molecular complexity index is 774. The predicted octanol–water partition coefficient (Wildman–Crippen LogP) is 2.36. The van der Waals surface area contributed by atoms with E-state index in [2.05, 4.69) is 0 Å². The minimum Gasteiger partial charge on any atom is -0.497 e. The van der Waals surface area contributed by atoms with Crippen molar-refractivity contribution in [2.75, 3.05) is 27.4 Å². The molecule has 1 aromatic rings. The Kier molecular flexibility index (Phi) is 4.29. The normalized spacial score (nSPS) is 20.4. The van der Waals surface area contributed by atoms with Gasteiger partial charge in [-0.2, -0.15) is 0 Å². The number of fused-ring (bicyclic) bond motifs is 1. The summed E-state index contributed by atoms with van der Waals surface area (Å²) in [5.41, 5.74) is 1.50. The SMILES string of the molecule is COC(=O)/C=C1/C(=O)N2CC(C)(C)COC2=C1c1ccc(OC)cc1. The van der Waals surface area contributed by atoms with E-state index in [-0.39, 0.29) is 16.9 Å². The molecule has 3 rings (SSSR count). The van der Waals surface area contributed by atoms with E-state index in [1.807, 2.05) is 26.0 Å². The molecule has 0 spiro atoms. The predicted molar refractivity (Wildman–Crippen MR) is 91.5 cm³/mol.